The molecule has 3 aromatic carbocycles. The van der Waals surface area contributed by atoms with Gasteiger partial charge in [0.25, 0.3) is 5.91 Å². The van der Waals surface area contributed by atoms with Crippen LogP contribution in [0.5, 0.6) is 11.5 Å². The highest BCUT2D eigenvalue weighted by molar-refractivity contribution is 7.81. The van der Waals surface area contributed by atoms with Gasteiger partial charge in [-0.2, -0.15) is 0 Å². The Balaban J connectivity index is 1.60. The van der Waals surface area contributed by atoms with E-state index in [2.05, 4.69) is 0 Å². The molecule has 1 atom stereocenters. The van der Waals surface area contributed by atoms with Crippen LogP contribution in [-0.4, -0.2) is 17.1 Å². The molecular formula is C23H20N2O2S. The molecule has 1 aliphatic heterocycles. The third-order valence-corrected chi connectivity index (χ3v) is 5.09. The lowest BCUT2D eigenvalue weighted by atomic mass is 10.1. The highest BCUT2D eigenvalue weighted by Gasteiger charge is 2.42. The Morgan fingerprint density at radius 3 is 2.00 bits per heavy atom. The fraction of sp³-hybridized carbons (Fsp3) is 0.130. The Hall–Kier alpha value is -3.18. The Bertz CT molecular complexity index is 975. The average Bonchev–Trinajstić information content (AvgIpc) is 2.99. The summed E-state index contributed by atoms with van der Waals surface area (Å²) in [5.41, 5.74) is 1.67. The summed E-state index contributed by atoms with van der Waals surface area (Å²) in [6.45, 7) is 2.00. The van der Waals surface area contributed by atoms with Gasteiger partial charge in [0.2, 0.25) is 0 Å². The molecule has 1 fully saturated rings. The number of para-hydroxylation sites is 2. The van der Waals surface area contributed by atoms with Gasteiger partial charge in [-0.05, 0) is 67.2 Å². The van der Waals surface area contributed by atoms with Gasteiger partial charge in [0.1, 0.15) is 17.5 Å². The summed E-state index contributed by atoms with van der Waals surface area (Å²) in [5, 5.41) is 0.500. The van der Waals surface area contributed by atoms with Crippen molar-refractivity contribution in [3.05, 3.63) is 84.9 Å². The van der Waals surface area contributed by atoms with Crippen molar-refractivity contribution in [3.63, 3.8) is 0 Å². The van der Waals surface area contributed by atoms with E-state index in [0.29, 0.717) is 11.5 Å². The predicted octanol–water partition coefficient (Wildman–Crippen LogP) is 5.40. The second kappa shape index (κ2) is 7.82. The molecule has 4 rings (SSSR count). The number of carbonyl (C=O) groups excluding carboxylic acids is 1. The van der Waals surface area contributed by atoms with Gasteiger partial charge >= 0.3 is 0 Å². The summed E-state index contributed by atoms with van der Waals surface area (Å²) in [7, 11) is 0. The van der Waals surface area contributed by atoms with Crippen molar-refractivity contribution in [3.8, 4) is 11.5 Å². The Morgan fingerprint density at radius 2 is 1.39 bits per heavy atom. The van der Waals surface area contributed by atoms with Gasteiger partial charge in [-0.25, -0.2) is 0 Å². The van der Waals surface area contributed by atoms with Gasteiger partial charge in [0, 0.05) is 5.69 Å². The third kappa shape index (κ3) is 3.37. The smallest absolute Gasteiger partial charge is 0.256 e. The molecule has 1 aliphatic rings. The van der Waals surface area contributed by atoms with Crippen molar-refractivity contribution in [2.75, 3.05) is 9.80 Å². The van der Waals surface area contributed by atoms with E-state index >= 15 is 0 Å². The monoisotopic (exact) mass is 388 g/mol. The Morgan fingerprint density at radius 1 is 0.821 bits per heavy atom. The lowest BCUT2D eigenvalue weighted by Gasteiger charge is -2.23. The summed E-state index contributed by atoms with van der Waals surface area (Å²) in [4.78, 5) is 16.6. The standard InChI is InChI=1S/C23H20N2O2S/c1-2-21-22(26)25(17-9-5-3-6-10-17)23(28)24(21)18-13-15-20(16-14-18)27-19-11-7-4-8-12-19/h3-16,21H,2H2,1H3. The number of nitrogens with zero attached hydrogens (tertiary/aromatic N) is 2. The van der Waals surface area contributed by atoms with Crippen molar-refractivity contribution in [2.45, 2.75) is 19.4 Å². The molecule has 0 spiro atoms. The Kier molecular flexibility index (Phi) is 5.08. The first-order valence-electron chi connectivity index (χ1n) is 9.24. The van der Waals surface area contributed by atoms with Gasteiger partial charge in [0.05, 0.1) is 5.69 Å². The molecule has 3 aromatic rings. The molecule has 140 valence electrons. The molecule has 0 aromatic heterocycles. The fourth-order valence-electron chi connectivity index (χ4n) is 3.36. The molecule has 1 heterocycles. The van der Waals surface area contributed by atoms with Crippen LogP contribution in [0.15, 0.2) is 84.9 Å². The van der Waals surface area contributed by atoms with E-state index < -0.39 is 0 Å². The van der Waals surface area contributed by atoms with Crippen LogP contribution in [-0.2, 0) is 4.79 Å². The molecule has 1 unspecified atom stereocenters. The number of anilines is 2. The van der Waals surface area contributed by atoms with E-state index in [9.17, 15) is 4.79 Å². The minimum Gasteiger partial charge on any atom is -0.457 e. The van der Waals surface area contributed by atoms with Crippen molar-refractivity contribution < 1.29 is 9.53 Å². The fourth-order valence-corrected chi connectivity index (χ4v) is 3.78. The average molecular weight is 388 g/mol. The van der Waals surface area contributed by atoms with E-state index in [4.69, 9.17) is 17.0 Å². The van der Waals surface area contributed by atoms with Crippen LogP contribution in [0.1, 0.15) is 13.3 Å². The second-order valence-corrected chi connectivity index (χ2v) is 6.86. The molecule has 28 heavy (non-hydrogen) atoms. The van der Waals surface area contributed by atoms with E-state index in [0.717, 1.165) is 22.9 Å². The summed E-state index contributed by atoms with van der Waals surface area (Å²) in [6, 6.07) is 26.5. The third-order valence-electron chi connectivity index (χ3n) is 4.71. The highest BCUT2D eigenvalue weighted by Crippen LogP contribution is 2.33. The lowest BCUT2D eigenvalue weighted by Crippen LogP contribution is -2.34. The first-order valence-corrected chi connectivity index (χ1v) is 9.65. The number of thiocarbonyl (C=S) groups is 1. The van der Waals surface area contributed by atoms with Gasteiger partial charge in [-0.1, -0.05) is 43.3 Å². The minimum absolute atomic E-state index is 0.00307. The zero-order valence-electron chi connectivity index (χ0n) is 15.5. The molecule has 4 nitrogen and oxygen atoms in total. The number of hydrogen-bond acceptors (Lipinski definition) is 3. The number of amides is 1. The normalized spacial score (nSPS) is 16.5. The first-order chi connectivity index (χ1) is 13.7. The number of benzene rings is 3. The molecule has 0 N–H and O–H groups in total. The van der Waals surface area contributed by atoms with E-state index in [-0.39, 0.29) is 11.9 Å². The molecule has 1 saturated heterocycles. The number of hydrogen-bond donors (Lipinski definition) is 0. The van der Waals surface area contributed by atoms with Crippen LogP contribution in [0, 0.1) is 0 Å². The number of ether oxygens (including phenoxy) is 1. The van der Waals surface area contributed by atoms with Crippen LogP contribution in [0.2, 0.25) is 0 Å². The van der Waals surface area contributed by atoms with Crippen molar-refractivity contribution in [2.24, 2.45) is 0 Å². The lowest BCUT2D eigenvalue weighted by molar-refractivity contribution is -0.117. The van der Waals surface area contributed by atoms with Gasteiger partial charge in [-0.15, -0.1) is 0 Å². The first kappa shape index (κ1) is 18.2. The SMILES string of the molecule is CCC1C(=O)N(c2ccccc2)C(=S)N1c1ccc(Oc2ccccc2)cc1. The van der Waals surface area contributed by atoms with E-state index in [1.807, 2.05) is 96.8 Å². The zero-order valence-corrected chi connectivity index (χ0v) is 16.3. The summed E-state index contributed by atoms with van der Waals surface area (Å²) in [5.74, 6) is 1.52. The van der Waals surface area contributed by atoms with Crippen molar-refractivity contribution in [1.82, 2.24) is 0 Å². The second-order valence-electron chi connectivity index (χ2n) is 6.49. The maximum Gasteiger partial charge on any atom is 0.256 e. The highest BCUT2D eigenvalue weighted by atomic mass is 32.1. The maximum atomic E-state index is 13.0. The van der Waals surface area contributed by atoms with Gasteiger partial charge < -0.3 is 9.64 Å². The van der Waals surface area contributed by atoms with Crippen LogP contribution in [0.3, 0.4) is 0 Å². The summed E-state index contributed by atoms with van der Waals surface area (Å²) in [6.07, 6.45) is 0.671. The predicted molar refractivity (Wildman–Crippen MR) is 116 cm³/mol. The van der Waals surface area contributed by atoms with Gasteiger partial charge in [0.15, 0.2) is 5.11 Å². The summed E-state index contributed by atoms with van der Waals surface area (Å²) >= 11 is 5.68. The molecule has 5 heteroatoms. The van der Waals surface area contributed by atoms with Crippen LogP contribution >= 0.6 is 12.2 Å². The van der Waals surface area contributed by atoms with Crippen molar-refractivity contribution >= 4 is 34.6 Å². The minimum atomic E-state index is -0.311. The molecule has 0 bridgehead atoms. The quantitative estimate of drug-likeness (QED) is 0.548. The largest absolute Gasteiger partial charge is 0.457 e. The topological polar surface area (TPSA) is 32.8 Å². The maximum absolute atomic E-state index is 13.0. The number of carbonyl (C=O) groups is 1. The zero-order chi connectivity index (χ0) is 19.5. The molecule has 0 radical (unpaired) electrons. The molecule has 0 saturated carbocycles. The molecular weight excluding hydrogens is 368 g/mol. The van der Waals surface area contributed by atoms with Crippen LogP contribution < -0.4 is 14.5 Å². The van der Waals surface area contributed by atoms with E-state index in [1.165, 1.54) is 0 Å². The van der Waals surface area contributed by atoms with Crippen LogP contribution in [0.25, 0.3) is 0 Å². The van der Waals surface area contributed by atoms with Crippen molar-refractivity contribution in [1.29, 1.82) is 0 Å². The number of rotatable bonds is 5. The molecule has 0 aliphatic carbocycles. The molecule has 1 amide bonds. The van der Waals surface area contributed by atoms with E-state index in [1.54, 1.807) is 4.90 Å². The summed E-state index contributed by atoms with van der Waals surface area (Å²) < 4.78 is 5.86. The Labute approximate surface area is 170 Å². The van der Waals surface area contributed by atoms with Crippen LogP contribution in [0.4, 0.5) is 11.4 Å². The van der Waals surface area contributed by atoms with Gasteiger partial charge in [-0.3, -0.25) is 9.69 Å².